The van der Waals surface area contributed by atoms with Crippen LogP contribution >= 0.6 is 11.3 Å². The molecule has 0 fully saturated rings. The molecule has 22 heavy (non-hydrogen) atoms. The summed E-state index contributed by atoms with van der Waals surface area (Å²) in [4.78, 5) is 25.2. The first kappa shape index (κ1) is 16.0. The molecule has 0 atom stereocenters. The lowest BCUT2D eigenvalue weighted by Crippen LogP contribution is -2.25. The van der Waals surface area contributed by atoms with Crippen LogP contribution in [0, 0.1) is 17.0 Å². The second-order valence-electron chi connectivity index (χ2n) is 4.82. The lowest BCUT2D eigenvalue weighted by molar-refractivity contribution is -0.385. The van der Waals surface area contributed by atoms with E-state index in [0.717, 1.165) is 22.6 Å². The van der Waals surface area contributed by atoms with Gasteiger partial charge in [-0.1, -0.05) is 12.1 Å². The Balaban J connectivity index is 2.11. The molecule has 2 rings (SSSR count). The van der Waals surface area contributed by atoms with Crippen LogP contribution in [0.5, 0.6) is 5.75 Å². The molecule has 0 aliphatic carbocycles. The molecule has 1 amide bonds. The van der Waals surface area contributed by atoms with Gasteiger partial charge in [-0.3, -0.25) is 14.9 Å². The van der Waals surface area contributed by atoms with Crippen molar-refractivity contribution in [3.8, 4) is 5.75 Å². The third-order valence-electron chi connectivity index (χ3n) is 3.22. The lowest BCUT2D eigenvalue weighted by Gasteiger charge is -2.16. The van der Waals surface area contributed by atoms with E-state index in [-0.39, 0.29) is 11.6 Å². The summed E-state index contributed by atoms with van der Waals surface area (Å²) in [5.74, 6) is 0.527. The zero-order valence-electron chi connectivity index (χ0n) is 12.5. The van der Waals surface area contributed by atoms with Crippen LogP contribution in [0.2, 0.25) is 0 Å². The number of hydrogen-bond acceptors (Lipinski definition) is 5. The van der Waals surface area contributed by atoms with E-state index in [1.54, 1.807) is 21.1 Å². The number of rotatable bonds is 5. The monoisotopic (exact) mass is 320 g/mol. The van der Waals surface area contributed by atoms with Crippen LogP contribution in [0.3, 0.4) is 0 Å². The maximum absolute atomic E-state index is 12.3. The van der Waals surface area contributed by atoms with Crippen molar-refractivity contribution in [2.75, 3.05) is 14.2 Å². The Kier molecular flexibility index (Phi) is 4.77. The minimum absolute atomic E-state index is 0.00815. The summed E-state index contributed by atoms with van der Waals surface area (Å²) in [5, 5.41) is 10.9. The Labute approximate surface area is 132 Å². The van der Waals surface area contributed by atoms with Crippen LogP contribution in [-0.2, 0) is 6.54 Å². The number of methoxy groups -OCH3 is 1. The summed E-state index contributed by atoms with van der Waals surface area (Å²) in [6, 6.07) is 8.75. The molecule has 0 spiro atoms. The van der Waals surface area contributed by atoms with E-state index < -0.39 is 4.92 Å². The second-order valence-corrected chi connectivity index (χ2v) is 6.07. The van der Waals surface area contributed by atoms with Crippen LogP contribution in [0.15, 0.2) is 30.3 Å². The van der Waals surface area contributed by atoms with E-state index in [9.17, 15) is 14.9 Å². The molecular weight excluding hydrogens is 304 g/mol. The van der Waals surface area contributed by atoms with E-state index in [4.69, 9.17) is 4.74 Å². The first-order valence-corrected chi connectivity index (χ1v) is 7.37. The van der Waals surface area contributed by atoms with Gasteiger partial charge in [0.25, 0.3) is 11.6 Å². The van der Waals surface area contributed by atoms with Gasteiger partial charge in [-0.15, -0.1) is 11.3 Å². The number of benzene rings is 1. The van der Waals surface area contributed by atoms with Gasteiger partial charge in [-0.05, 0) is 24.6 Å². The minimum atomic E-state index is -0.466. The van der Waals surface area contributed by atoms with E-state index in [2.05, 4.69) is 0 Å². The van der Waals surface area contributed by atoms with Crippen molar-refractivity contribution >= 4 is 22.9 Å². The predicted molar refractivity (Wildman–Crippen MR) is 84.5 cm³/mol. The molecule has 0 saturated carbocycles. The van der Waals surface area contributed by atoms with Crippen LogP contribution < -0.4 is 4.74 Å². The van der Waals surface area contributed by atoms with Gasteiger partial charge in [0, 0.05) is 19.7 Å². The standard InChI is InChI=1S/C15H16N2O4S/c1-10-13(17(19)20)8-14(22-10)15(18)16(2)9-11-4-6-12(21-3)7-5-11/h4-8H,9H2,1-3H3. The van der Waals surface area contributed by atoms with Gasteiger partial charge >= 0.3 is 0 Å². The largest absolute Gasteiger partial charge is 0.497 e. The molecule has 0 unspecified atom stereocenters. The number of amides is 1. The molecule has 116 valence electrons. The van der Waals surface area contributed by atoms with Crippen LogP contribution in [0.1, 0.15) is 20.1 Å². The highest BCUT2D eigenvalue weighted by Gasteiger charge is 2.21. The molecule has 7 heteroatoms. The number of carbonyl (C=O) groups excluding carboxylic acids is 1. The molecule has 0 bridgehead atoms. The van der Waals surface area contributed by atoms with Crippen molar-refractivity contribution in [1.82, 2.24) is 4.90 Å². The Hall–Kier alpha value is -2.41. The van der Waals surface area contributed by atoms with E-state index >= 15 is 0 Å². The molecule has 1 heterocycles. The van der Waals surface area contributed by atoms with E-state index in [1.807, 2.05) is 24.3 Å². The number of nitrogens with zero attached hydrogens (tertiary/aromatic N) is 2. The predicted octanol–water partition coefficient (Wildman–Crippen LogP) is 3.25. The molecule has 1 aromatic heterocycles. The lowest BCUT2D eigenvalue weighted by atomic mass is 10.2. The quantitative estimate of drug-likeness (QED) is 0.626. The summed E-state index contributed by atoms with van der Waals surface area (Å²) in [5.41, 5.74) is 0.950. The molecule has 0 radical (unpaired) electrons. The summed E-state index contributed by atoms with van der Waals surface area (Å²) in [7, 11) is 3.27. The normalized spacial score (nSPS) is 10.3. The summed E-state index contributed by atoms with van der Waals surface area (Å²) in [6.07, 6.45) is 0. The third-order valence-corrected chi connectivity index (χ3v) is 4.25. The first-order chi connectivity index (χ1) is 10.4. The highest BCUT2D eigenvalue weighted by Crippen LogP contribution is 2.29. The Morgan fingerprint density at radius 2 is 2.00 bits per heavy atom. The Morgan fingerprint density at radius 1 is 1.36 bits per heavy atom. The van der Waals surface area contributed by atoms with Gasteiger partial charge in [0.05, 0.1) is 21.8 Å². The van der Waals surface area contributed by atoms with Crippen molar-refractivity contribution in [3.63, 3.8) is 0 Å². The fourth-order valence-electron chi connectivity index (χ4n) is 2.02. The van der Waals surface area contributed by atoms with Gasteiger partial charge in [-0.2, -0.15) is 0 Å². The highest BCUT2D eigenvalue weighted by molar-refractivity contribution is 7.14. The van der Waals surface area contributed by atoms with Crippen molar-refractivity contribution < 1.29 is 14.5 Å². The fraction of sp³-hybridized carbons (Fsp3) is 0.267. The van der Waals surface area contributed by atoms with E-state index in [1.165, 1.54) is 11.0 Å². The molecule has 6 nitrogen and oxygen atoms in total. The number of hydrogen-bond donors (Lipinski definition) is 0. The number of thiophene rings is 1. The van der Waals surface area contributed by atoms with Gasteiger partial charge < -0.3 is 9.64 Å². The summed E-state index contributed by atoms with van der Waals surface area (Å²) >= 11 is 1.14. The van der Waals surface area contributed by atoms with Gasteiger partial charge in [0.2, 0.25) is 0 Å². The molecule has 0 aliphatic rings. The molecule has 0 saturated heterocycles. The van der Waals surface area contributed by atoms with Crippen molar-refractivity contribution in [2.45, 2.75) is 13.5 Å². The third kappa shape index (κ3) is 3.43. The topological polar surface area (TPSA) is 72.7 Å². The SMILES string of the molecule is COc1ccc(CN(C)C(=O)c2cc([N+](=O)[O-])c(C)s2)cc1. The average molecular weight is 320 g/mol. The van der Waals surface area contributed by atoms with E-state index in [0.29, 0.717) is 16.3 Å². The number of ether oxygens (including phenoxy) is 1. The summed E-state index contributed by atoms with van der Waals surface area (Å²) in [6.45, 7) is 2.07. The van der Waals surface area contributed by atoms with Crippen LogP contribution in [0.4, 0.5) is 5.69 Å². The molecular formula is C15H16N2O4S. The molecule has 0 N–H and O–H groups in total. The van der Waals surface area contributed by atoms with Crippen molar-refractivity contribution in [2.24, 2.45) is 0 Å². The van der Waals surface area contributed by atoms with Crippen molar-refractivity contribution in [1.29, 1.82) is 0 Å². The summed E-state index contributed by atoms with van der Waals surface area (Å²) < 4.78 is 5.09. The zero-order valence-corrected chi connectivity index (χ0v) is 13.3. The molecule has 1 aromatic carbocycles. The smallest absolute Gasteiger partial charge is 0.283 e. The fourth-order valence-corrected chi connectivity index (χ4v) is 3.01. The highest BCUT2D eigenvalue weighted by atomic mass is 32.1. The Morgan fingerprint density at radius 3 is 2.50 bits per heavy atom. The maximum atomic E-state index is 12.3. The zero-order chi connectivity index (χ0) is 16.3. The minimum Gasteiger partial charge on any atom is -0.497 e. The van der Waals surface area contributed by atoms with Crippen LogP contribution in [-0.4, -0.2) is 29.9 Å². The van der Waals surface area contributed by atoms with Gasteiger partial charge in [-0.25, -0.2) is 0 Å². The van der Waals surface area contributed by atoms with Crippen LogP contribution in [0.25, 0.3) is 0 Å². The Bertz CT molecular complexity index is 694. The first-order valence-electron chi connectivity index (χ1n) is 6.55. The number of nitro groups is 1. The molecule has 2 aromatic rings. The van der Waals surface area contributed by atoms with Crippen molar-refractivity contribution in [3.05, 3.63) is 55.8 Å². The second kappa shape index (κ2) is 6.57. The van der Waals surface area contributed by atoms with Gasteiger partial charge in [0.1, 0.15) is 5.75 Å². The van der Waals surface area contributed by atoms with Gasteiger partial charge in [0.15, 0.2) is 0 Å². The average Bonchev–Trinajstić information content (AvgIpc) is 2.89. The molecule has 0 aliphatic heterocycles. The maximum Gasteiger partial charge on any atom is 0.283 e. The number of carbonyl (C=O) groups is 1. The number of aryl methyl sites for hydroxylation is 1.